The molecule has 2 heterocycles. The monoisotopic (exact) mass is 316 g/mol. The minimum atomic E-state index is -0.477. The maximum Gasteiger partial charge on any atom is 0.321 e. The fraction of sp³-hybridized carbons (Fsp3) is 0.529. The zero-order chi connectivity index (χ0) is 16.2. The number of aliphatic hydroxyl groups is 1. The predicted octanol–water partition coefficient (Wildman–Crippen LogP) is 2.02. The van der Waals surface area contributed by atoms with Gasteiger partial charge in [-0.25, -0.2) is 0 Å². The largest absolute Gasteiger partial charge is 0.390 e. The van der Waals surface area contributed by atoms with Crippen LogP contribution in [0, 0.1) is 0 Å². The Bertz CT molecular complexity index is 641. The maximum atomic E-state index is 10.2. The lowest BCUT2D eigenvalue weighted by molar-refractivity contribution is 0.114. The van der Waals surface area contributed by atoms with E-state index < -0.39 is 6.10 Å². The van der Waals surface area contributed by atoms with E-state index in [1.807, 2.05) is 13.8 Å². The Kier molecular flexibility index (Phi) is 4.93. The Morgan fingerprint density at radius 3 is 2.83 bits per heavy atom. The molecule has 3 rings (SSSR count). The first kappa shape index (κ1) is 16.0. The first-order valence-corrected chi connectivity index (χ1v) is 8.16. The van der Waals surface area contributed by atoms with Gasteiger partial charge in [-0.1, -0.05) is 43.3 Å². The van der Waals surface area contributed by atoms with Gasteiger partial charge in [0, 0.05) is 32.1 Å². The van der Waals surface area contributed by atoms with Crippen LogP contribution in [0.2, 0.25) is 0 Å². The first-order chi connectivity index (χ1) is 11.1. The molecule has 0 bridgehead atoms. The van der Waals surface area contributed by atoms with E-state index in [4.69, 9.17) is 4.52 Å². The Morgan fingerprint density at radius 2 is 2.09 bits per heavy atom. The molecule has 1 aromatic carbocycles. The summed E-state index contributed by atoms with van der Waals surface area (Å²) >= 11 is 0. The van der Waals surface area contributed by atoms with E-state index in [-0.39, 0.29) is 5.92 Å². The number of aromatic nitrogens is 2. The summed E-state index contributed by atoms with van der Waals surface area (Å²) in [6.07, 6.45) is 0.562. The van der Waals surface area contributed by atoms with Gasteiger partial charge in [0.1, 0.15) is 0 Å². The van der Waals surface area contributed by atoms with E-state index in [2.05, 4.69) is 44.6 Å². The molecule has 0 aliphatic carbocycles. The highest BCUT2D eigenvalue weighted by atomic mass is 16.5. The topological polar surface area (TPSA) is 74.4 Å². The van der Waals surface area contributed by atoms with E-state index in [1.165, 1.54) is 11.1 Å². The lowest BCUT2D eigenvalue weighted by atomic mass is 10.00. The average molecular weight is 316 g/mol. The summed E-state index contributed by atoms with van der Waals surface area (Å²) in [5, 5.41) is 17.1. The molecule has 1 aliphatic heterocycles. The second-order valence-corrected chi connectivity index (χ2v) is 6.40. The lowest BCUT2D eigenvalue weighted by Crippen LogP contribution is -2.39. The number of rotatable bonds is 6. The van der Waals surface area contributed by atoms with Crippen LogP contribution in [-0.4, -0.2) is 45.9 Å². The highest BCUT2D eigenvalue weighted by Gasteiger charge is 2.19. The van der Waals surface area contributed by atoms with Crippen LogP contribution in [0.3, 0.4) is 0 Å². The van der Waals surface area contributed by atoms with Gasteiger partial charge in [0.2, 0.25) is 0 Å². The molecule has 0 saturated heterocycles. The molecule has 23 heavy (non-hydrogen) atoms. The van der Waals surface area contributed by atoms with Crippen LogP contribution in [0.1, 0.15) is 36.7 Å². The molecule has 2 N–H and O–H groups in total. The summed E-state index contributed by atoms with van der Waals surface area (Å²) in [6, 6.07) is 8.88. The van der Waals surface area contributed by atoms with E-state index in [1.54, 1.807) is 0 Å². The van der Waals surface area contributed by atoms with Crippen LogP contribution in [0.5, 0.6) is 0 Å². The third-order valence-electron chi connectivity index (χ3n) is 4.13. The van der Waals surface area contributed by atoms with Crippen LogP contribution < -0.4 is 5.32 Å². The van der Waals surface area contributed by atoms with Crippen molar-refractivity contribution in [2.75, 3.05) is 25.0 Å². The molecule has 1 aromatic heterocycles. The minimum Gasteiger partial charge on any atom is -0.390 e. The van der Waals surface area contributed by atoms with Crippen molar-refractivity contribution in [3.8, 4) is 0 Å². The molecular formula is C17H24N4O2. The van der Waals surface area contributed by atoms with Crippen molar-refractivity contribution in [2.24, 2.45) is 0 Å². The van der Waals surface area contributed by atoms with Crippen molar-refractivity contribution in [3.63, 3.8) is 0 Å². The number of anilines is 1. The summed E-state index contributed by atoms with van der Waals surface area (Å²) in [4.78, 5) is 6.52. The molecule has 2 aromatic rings. The number of fused-ring (bicyclic) bond motifs is 1. The number of β-amino-alcohol motifs (C(OH)–C–C–N with tert-alkyl or cyclic N) is 1. The number of nitrogens with zero attached hydrogens (tertiary/aromatic N) is 3. The Hall–Kier alpha value is -1.92. The molecule has 0 spiro atoms. The number of nitrogens with one attached hydrogen (secondary N) is 1. The van der Waals surface area contributed by atoms with Gasteiger partial charge in [-0.3, -0.25) is 4.90 Å². The number of aliphatic hydroxyl groups excluding tert-OH is 1. The molecule has 1 atom stereocenters. The molecule has 0 saturated carbocycles. The summed E-state index contributed by atoms with van der Waals surface area (Å²) in [5.74, 6) is 0.905. The molecular weight excluding hydrogens is 292 g/mol. The van der Waals surface area contributed by atoms with Crippen LogP contribution in [-0.2, 0) is 13.0 Å². The van der Waals surface area contributed by atoms with Crippen LogP contribution >= 0.6 is 0 Å². The lowest BCUT2D eigenvalue weighted by Gasteiger charge is -2.30. The van der Waals surface area contributed by atoms with Gasteiger partial charge in [-0.2, -0.15) is 4.98 Å². The van der Waals surface area contributed by atoms with Crippen molar-refractivity contribution in [2.45, 2.75) is 38.8 Å². The van der Waals surface area contributed by atoms with E-state index >= 15 is 0 Å². The molecule has 6 nitrogen and oxygen atoms in total. The van der Waals surface area contributed by atoms with Crippen LogP contribution in [0.15, 0.2) is 28.8 Å². The van der Waals surface area contributed by atoms with Gasteiger partial charge in [0.05, 0.1) is 6.10 Å². The number of hydrogen-bond acceptors (Lipinski definition) is 6. The Labute approximate surface area is 136 Å². The number of hydrogen-bond donors (Lipinski definition) is 2. The quantitative estimate of drug-likeness (QED) is 0.849. The molecule has 1 unspecified atom stereocenters. The van der Waals surface area contributed by atoms with Crippen molar-refractivity contribution in [3.05, 3.63) is 41.2 Å². The Balaban J connectivity index is 1.47. The normalized spacial score (nSPS) is 16.3. The standard InChI is InChI=1S/C17H24N4O2/c1-12(2)16-19-17(23-20-16)18-9-15(22)11-21-8-7-13-5-3-4-6-14(13)10-21/h3-6,12,15,22H,7-11H2,1-2H3,(H,18,19,20). The van der Waals surface area contributed by atoms with Gasteiger partial charge in [-0.15, -0.1) is 0 Å². The van der Waals surface area contributed by atoms with Gasteiger partial charge in [-0.05, 0) is 17.5 Å². The highest BCUT2D eigenvalue weighted by Crippen LogP contribution is 2.18. The molecule has 0 fully saturated rings. The zero-order valence-corrected chi connectivity index (χ0v) is 13.7. The summed E-state index contributed by atoms with van der Waals surface area (Å²) in [5.41, 5.74) is 2.78. The van der Waals surface area contributed by atoms with Gasteiger partial charge < -0.3 is 14.9 Å². The fourth-order valence-electron chi connectivity index (χ4n) is 2.82. The first-order valence-electron chi connectivity index (χ1n) is 8.16. The smallest absolute Gasteiger partial charge is 0.321 e. The van der Waals surface area contributed by atoms with E-state index in [9.17, 15) is 5.11 Å². The SMILES string of the molecule is CC(C)c1noc(NCC(O)CN2CCc3ccccc3C2)n1. The van der Waals surface area contributed by atoms with E-state index in [0.29, 0.717) is 24.9 Å². The fourth-order valence-corrected chi connectivity index (χ4v) is 2.82. The van der Waals surface area contributed by atoms with Crippen LogP contribution in [0.4, 0.5) is 6.01 Å². The zero-order valence-electron chi connectivity index (χ0n) is 13.7. The molecule has 1 aliphatic rings. The molecule has 6 heteroatoms. The highest BCUT2D eigenvalue weighted by molar-refractivity contribution is 5.29. The number of benzene rings is 1. The minimum absolute atomic E-state index is 0.229. The molecule has 0 radical (unpaired) electrons. The van der Waals surface area contributed by atoms with Gasteiger partial charge in [0.15, 0.2) is 5.82 Å². The Morgan fingerprint density at radius 1 is 1.30 bits per heavy atom. The maximum absolute atomic E-state index is 10.2. The van der Waals surface area contributed by atoms with Crippen LogP contribution in [0.25, 0.3) is 0 Å². The third kappa shape index (κ3) is 4.09. The second kappa shape index (κ2) is 7.10. The molecule has 0 amide bonds. The van der Waals surface area contributed by atoms with Crippen molar-refractivity contribution in [1.29, 1.82) is 0 Å². The molecule has 124 valence electrons. The van der Waals surface area contributed by atoms with Crippen molar-refractivity contribution in [1.82, 2.24) is 15.0 Å². The predicted molar refractivity (Wildman–Crippen MR) is 88.3 cm³/mol. The summed E-state index contributed by atoms with van der Waals surface area (Å²) in [6.45, 7) is 6.93. The van der Waals surface area contributed by atoms with Crippen molar-refractivity contribution >= 4 is 6.01 Å². The average Bonchev–Trinajstić information content (AvgIpc) is 3.02. The van der Waals surface area contributed by atoms with E-state index in [0.717, 1.165) is 19.5 Å². The van der Waals surface area contributed by atoms with Gasteiger partial charge >= 0.3 is 6.01 Å². The van der Waals surface area contributed by atoms with Crippen molar-refractivity contribution < 1.29 is 9.63 Å². The summed E-state index contributed by atoms with van der Waals surface area (Å²) in [7, 11) is 0. The second-order valence-electron chi connectivity index (χ2n) is 6.40. The van der Waals surface area contributed by atoms with Gasteiger partial charge in [0.25, 0.3) is 0 Å². The summed E-state index contributed by atoms with van der Waals surface area (Å²) < 4.78 is 5.12. The third-order valence-corrected chi connectivity index (χ3v) is 4.13.